The third-order valence-electron chi connectivity index (χ3n) is 4.23. The minimum Gasteiger partial charge on any atom is -0.327 e. The van der Waals surface area contributed by atoms with E-state index in [4.69, 9.17) is 5.73 Å². The molecular formula is C17H28N2. The molecular weight excluding hydrogens is 232 g/mol. The Balaban J connectivity index is 1.92. The van der Waals surface area contributed by atoms with E-state index >= 15 is 0 Å². The summed E-state index contributed by atoms with van der Waals surface area (Å²) in [6.45, 7) is 4.40. The van der Waals surface area contributed by atoms with Gasteiger partial charge in [-0.3, -0.25) is 4.90 Å². The quantitative estimate of drug-likeness (QED) is 0.792. The van der Waals surface area contributed by atoms with E-state index in [1.54, 1.807) is 0 Å². The SMILES string of the molecule is CCCCCC1CC[C@H](N)CN1Cc1ccccc1. The second kappa shape index (κ2) is 7.66. The zero-order chi connectivity index (χ0) is 13.5. The largest absolute Gasteiger partial charge is 0.327 e. The first kappa shape index (κ1) is 14.5. The van der Waals surface area contributed by atoms with Crippen molar-refractivity contribution in [2.45, 2.75) is 64.1 Å². The lowest BCUT2D eigenvalue weighted by atomic mass is 9.94. The Morgan fingerprint density at radius 2 is 1.95 bits per heavy atom. The molecule has 2 nitrogen and oxygen atoms in total. The molecule has 0 bridgehead atoms. The van der Waals surface area contributed by atoms with Gasteiger partial charge in [0, 0.05) is 25.2 Å². The standard InChI is InChI=1S/C17H28N2/c1-2-3-5-10-17-12-11-16(18)14-19(17)13-15-8-6-4-7-9-15/h4,6-9,16-17H,2-3,5,10-14,18H2,1H3/t16-,17?/m0/s1. The van der Waals surface area contributed by atoms with Crippen molar-refractivity contribution in [2.75, 3.05) is 6.54 Å². The summed E-state index contributed by atoms with van der Waals surface area (Å²) in [5, 5.41) is 0. The summed E-state index contributed by atoms with van der Waals surface area (Å²) in [4.78, 5) is 2.61. The first-order chi connectivity index (χ1) is 9.29. The number of nitrogens with two attached hydrogens (primary N) is 1. The van der Waals surface area contributed by atoms with Gasteiger partial charge in [0.25, 0.3) is 0 Å². The Bertz CT molecular complexity index is 350. The Labute approximate surface area is 118 Å². The average Bonchev–Trinajstić information content (AvgIpc) is 2.43. The van der Waals surface area contributed by atoms with Crippen LogP contribution in [0.2, 0.25) is 0 Å². The van der Waals surface area contributed by atoms with Crippen LogP contribution in [0, 0.1) is 0 Å². The maximum absolute atomic E-state index is 6.15. The summed E-state index contributed by atoms with van der Waals surface area (Å²) >= 11 is 0. The number of piperidine rings is 1. The number of nitrogens with zero attached hydrogens (tertiary/aromatic N) is 1. The van der Waals surface area contributed by atoms with Crippen LogP contribution >= 0.6 is 0 Å². The van der Waals surface area contributed by atoms with Gasteiger partial charge in [0.1, 0.15) is 0 Å². The second-order valence-corrected chi connectivity index (χ2v) is 5.90. The van der Waals surface area contributed by atoms with E-state index in [2.05, 4.69) is 42.2 Å². The molecule has 1 aliphatic rings. The predicted molar refractivity (Wildman–Crippen MR) is 82.0 cm³/mol. The van der Waals surface area contributed by atoms with Gasteiger partial charge in [-0.1, -0.05) is 56.5 Å². The van der Waals surface area contributed by atoms with Gasteiger partial charge in [0.2, 0.25) is 0 Å². The van der Waals surface area contributed by atoms with Crippen molar-refractivity contribution in [1.29, 1.82) is 0 Å². The van der Waals surface area contributed by atoms with Crippen molar-refractivity contribution < 1.29 is 0 Å². The topological polar surface area (TPSA) is 29.3 Å². The van der Waals surface area contributed by atoms with Gasteiger partial charge in [0.05, 0.1) is 0 Å². The Kier molecular flexibility index (Phi) is 5.87. The number of likely N-dealkylation sites (tertiary alicyclic amines) is 1. The highest BCUT2D eigenvalue weighted by molar-refractivity contribution is 5.14. The van der Waals surface area contributed by atoms with Gasteiger partial charge in [-0.05, 0) is 24.8 Å². The first-order valence-electron chi connectivity index (χ1n) is 7.83. The highest BCUT2D eigenvalue weighted by Crippen LogP contribution is 2.23. The van der Waals surface area contributed by atoms with Gasteiger partial charge in [-0.15, -0.1) is 0 Å². The molecule has 1 saturated heterocycles. The molecule has 0 aromatic heterocycles. The average molecular weight is 260 g/mol. The number of hydrogen-bond donors (Lipinski definition) is 1. The second-order valence-electron chi connectivity index (χ2n) is 5.90. The molecule has 1 unspecified atom stereocenters. The van der Waals surface area contributed by atoms with Crippen LogP contribution < -0.4 is 5.73 Å². The third kappa shape index (κ3) is 4.63. The third-order valence-corrected chi connectivity index (χ3v) is 4.23. The molecule has 2 heteroatoms. The highest BCUT2D eigenvalue weighted by Gasteiger charge is 2.25. The van der Waals surface area contributed by atoms with Gasteiger partial charge >= 0.3 is 0 Å². The molecule has 2 rings (SSSR count). The van der Waals surface area contributed by atoms with Crippen LogP contribution in [-0.4, -0.2) is 23.5 Å². The maximum Gasteiger partial charge on any atom is 0.0237 e. The van der Waals surface area contributed by atoms with Crippen LogP contribution in [0.25, 0.3) is 0 Å². The molecule has 2 atom stereocenters. The zero-order valence-corrected chi connectivity index (χ0v) is 12.2. The Hall–Kier alpha value is -0.860. The highest BCUT2D eigenvalue weighted by atomic mass is 15.2. The number of benzene rings is 1. The van der Waals surface area contributed by atoms with Crippen LogP contribution in [-0.2, 0) is 6.54 Å². The fraction of sp³-hybridized carbons (Fsp3) is 0.647. The molecule has 1 aliphatic heterocycles. The molecule has 106 valence electrons. The van der Waals surface area contributed by atoms with Gasteiger partial charge in [0.15, 0.2) is 0 Å². The molecule has 1 aromatic rings. The number of unbranched alkanes of at least 4 members (excludes halogenated alkanes) is 2. The molecule has 0 aliphatic carbocycles. The van der Waals surface area contributed by atoms with Gasteiger partial charge < -0.3 is 5.73 Å². The molecule has 1 fully saturated rings. The van der Waals surface area contributed by atoms with E-state index in [0.717, 1.165) is 19.1 Å². The normalized spacial score (nSPS) is 24.5. The van der Waals surface area contributed by atoms with Crippen molar-refractivity contribution in [3.8, 4) is 0 Å². The fourth-order valence-electron chi connectivity index (χ4n) is 3.10. The van der Waals surface area contributed by atoms with E-state index in [-0.39, 0.29) is 0 Å². The first-order valence-corrected chi connectivity index (χ1v) is 7.83. The van der Waals surface area contributed by atoms with E-state index in [1.165, 1.54) is 44.1 Å². The molecule has 1 aromatic carbocycles. The van der Waals surface area contributed by atoms with Crippen LogP contribution in [0.3, 0.4) is 0 Å². The minimum atomic E-state index is 0.367. The van der Waals surface area contributed by atoms with Crippen molar-refractivity contribution >= 4 is 0 Å². The fourth-order valence-corrected chi connectivity index (χ4v) is 3.10. The van der Waals surface area contributed by atoms with E-state index in [1.807, 2.05) is 0 Å². The van der Waals surface area contributed by atoms with Crippen molar-refractivity contribution in [3.05, 3.63) is 35.9 Å². The number of hydrogen-bond acceptors (Lipinski definition) is 2. The predicted octanol–water partition coefficient (Wildman–Crippen LogP) is 3.56. The number of rotatable bonds is 6. The molecule has 19 heavy (non-hydrogen) atoms. The Morgan fingerprint density at radius 1 is 1.16 bits per heavy atom. The lowest BCUT2D eigenvalue weighted by Gasteiger charge is -2.38. The summed E-state index contributed by atoms with van der Waals surface area (Å²) in [6, 6.07) is 11.9. The van der Waals surface area contributed by atoms with E-state index < -0.39 is 0 Å². The van der Waals surface area contributed by atoms with Crippen molar-refractivity contribution in [1.82, 2.24) is 4.90 Å². The summed E-state index contributed by atoms with van der Waals surface area (Å²) in [6.07, 6.45) is 7.85. The molecule has 0 spiro atoms. The summed E-state index contributed by atoms with van der Waals surface area (Å²) in [5.41, 5.74) is 7.57. The molecule has 2 N–H and O–H groups in total. The molecule has 0 radical (unpaired) electrons. The smallest absolute Gasteiger partial charge is 0.0237 e. The Morgan fingerprint density at radius 3 is 2.68 bits per heavy atom. The van der Waals surface area contributed by atoms with Crippen LogP contribution in [0.5, 0.6) is 0 Å². The van der Waals surface area contributed by atoms with Crippen LogP contribution in [0.1, 0.15) is 51.0 Å². The van der Waals surface area contributed by atoms with Gasteiger partial charge in [-0.25, -0.2) is 0 Å². The van der Waals surface area contributed by atoms with Crippen LogP contribution in [0.4, 0.5) is 0 Å². The maximum atomic E-state index is 6.15. The van der Waals surface area contributed by atoms with Crippen molar-refractivity contribution in [3.63, 3.8) is 0 Å². The molecule has 1 heterocycles. The monoisotopic (exact) mass is 260 g/mol. The van der Waals surface area contributed by atoms with E-state index in [9.17, 15) is 0 Å². The lowest BCUT2D eigenvalue weighted by Crippen LogP contribution is -2.48. The minimum absolute atomic E-state index is 0.367. The molecule has 0 saturated carbocycles. The van der Waals surface area contributed by atoms with Crippen molar-refractivity contribution in [2.24, 2.45) is 5.73 Å². The summed E-state index contributed by atoms with van der Waals surface area (Å²) < 4.78 is 0. The lowest BCUT2D eigenvalue weighted by molar-refractivity contribution is 0.116. The van der Waals surface area contributed by atoms with Crippen LogP contribution in [0.15, 0.2) is 30.3 Å². The molecule has 0 amide bonds. The zero-order valence-electron chi connectivity index (χ0n) is 12.2. The summed E-state index contributed by atoms with van der Waals surface area (Å²) in [7, 11) is 0. The summed E-state index contributed by atoms with van der Waals surface area (Å²) in [5.74, 6) is 0. The van der Waals surface area contributed by atoms with E-state index in [0.29, 0.717) is 6.04 Å². The van der Waals surface area contributed by atoms with Gasteiger partial charge in [-0.2, -0.15) is 0 Å².